The zero-order valence-corrected chi connectivity index (χ0v) is 29.2. The Labute approximate surface area is 299 Å². The summed E-state index contributed by atoms with van der Waals surface area (Å²) in [4.78, 5) is 1.68. The molecule has 0 amide bonds. The SMILES string of the molecule is CC12Cc3c(n(-c4ccc(S(=O)(=O)c5ccc(C#N)cc5)cc4)c4cc5c6ccccc6n(-c6ccccc6)c5cc34)C=C1c1ccccc1S2. The molecule has 1 aliphatic heterocycles. The molecular formula is C44H29N3O2S2. The molecule has 1 unspecified atom stereocenters. The number of aromatic nitrogens is 2. The van der Waals surface area contributed by atoms with E-state index in [-0.39, 0.29) is 14.5 Å². The maximum atomic E-state index is 13.6. The Balaban J connectivity index is 1.23. The number of benzene rings is 6. The lowest BCUT2D eigenvalue weighted by atomic mass is 9.82. The molecule has 1 atom stereocenters. The Morgan fingerprint density at radius 2 is 1.29 bits per heavy atom. The van der Waals surface area contributed by atoms with Gasteiger partial charge in [-0.15, -0.1) is 11.8 Å². The van der Waals surface area contributed by atoms with Crippen LogP contribution in [0.5, 0.6) is 0 Å². The van der Waals surface area contributed by atoms with Crippen LogP contribution in [0.1, 0.15) is 29.3 Å². The van der Waals surface area contributed by atoms with Gasteiger partial charge in [-0.2, -0.15) is 5.26 Å². The van der Waals surface area contributed by atoms with Crippen LogP contribution < -0.4 is 0 Å². The first-order valence-corrected chi connectivity index (χ1v) is 19.2. The third-order valence-electron chi connectivity index (χ3n) is 10.5. The first-order chi connectivity index (χ1) is 24.8. The fraction of sp³-hybridized carbons (Fsp3) is 0.0682. The Morgan fingerprint density at radius 1 is 0.667 bits per heavy atom. The van der Waals surface area contributed by atoms with Crippen molar-refractivity contribution in [1.82, 2.24) is 9.13 Å². The van der Waals surface area contributed by atoms with Gasteiger partial charge >= 0.3 is 0 Å². The van der Waals surface area contributed by atoms with E-state index in [4.69, 9.17) is 0 Å². The first kappa shape index (κ1) is 30.1. The molecule has 8 aromatic rings. The van der Waals surface area contributed by atoms with Crippen LogP contribution in [0.15, 0.2) is 154 Å². The number of thioether (sulfide) groups is 1. The molecule has 2 aromatic heterocycles. The highest BCUT2D eigenvalue weighted by Gasteiger charge is 2.43. The number of hydrogen-bond acceptors (Lipinski definition) is 4. The molecule has 5 nitrogen and oxygen atoms in total. The van der Waals surface area contributed by atoms with Gasteiger partial charge in [0.15, 0.2) is 0 Å². The summed E-state index contributed by atoms with van der Waals surface area (Å²) >= 11 is 1.94. The summed E-state index contributed by atoms with van der Waals surface area (Å²) < 4.78 is 31.8. The van der Waals surface area contributed by atoms with Gasteiger partial charge in [0.2, 0.25) is 9.84 Å². The van der Waals surface area contributed by atoms with E-state index in [1.54, 1.807) is 12.1 Å². The van der Waals surface area contributed by atoms with Gasteiger partial charge in [0.1, 0.15) is 0 Å². The Kier molecular flexibility index (Phi) is 6.39. The number of nitriles is 1. The predicted molar refractivity (Wildman–Crippen MR) is 207 cm³/mol. The highest BCUT2D eigenvalue weighted by Crippen LogP contribution is 2.58. The van der Waals surface area contributed by atoms with Gasteiger partial charge in [-0.05, 0) is 121 Å². The maximum Gasteiger partial charge on any atom is 0.206 e. The Bertz CT molecular complexity index is 2930. The third kappa shape index (κ3) is 4.37. The second-order valence-corrected chi connectivity index (χ2v) is 17.0. The van der Waals surface area contributed by atoms with Crippen molar-refractivity contribution in [2.75, 3.05) is 0 Å². The minimum atomic E-state index is -3.78. The maximum absolute atomic E-state index is 13.6. The van der Waals surface area contributed by atoms with E-state index in [0.29, 0.717) is 5.56 Å². The van der Waals surface area contributed by atoms with Gasteiger partial charge in [0.25, 0.3) is 0 Å². The lowest BCUT2D eigenvalue weighted by Gasteiger charge is -2.30. The fourth-order valence-corrected chi connectivity index (χ4v) is 10.8. The quantitative estimate of drug-likeness (QED) is 0.184. The van der Waals surface area contributed by atoms with E-state index in [1.165, 1.54) is 56.6 Å². The molecule has 51 heavy (non-hydrogen) atoms. The number of nitrogens with zero attached hydrogens (tertiary/aromatic N) is 3. The third-order valence-corrected chi connectivity index (χ3v) is 13.7. The van der Waals surface area contributed by atoms with Crippen molar-refractivity contribution in [3.05, 3.63) is 162 Å². The van der Waals surface area contributed by atoms with Crippen LogP contribution >= 0.6 is 11.8 Å². The molecule has 2 aliphatic rings. The topological polar surface area (TPSA) is 67.8 Å². The van der Waals surface area contributed by atoms with E-state index >= 15 is 0 Å². The van der Waals surface area contributed by atoms with Crippen LogP contribution in [-0.4, -0.2) is 22.3 Å². The monoisotopic (exact) mass is 695 g/mol. The Hall–Kier alpha value is -5.81. The van der Waals surface area contributed by atoms with E-state index in [2.05, 4.69) is 119 Å². The van der Waals surface area contributed by atoms with E-state index < -0.39 is 9.84 Å². The first-order valence-electron chi connectivity index (χ1n) is 16.9. The fourth-order valence-electron chi connectivity index (χ4n) is 8.12. The number of para-hydroxylation sites is 2. The second-order valence-electron chi connectivity index (χ2n) is 13.5. The summed E-state index contributed by atoms with van der Waals surface area (Å²) in [6, 6.07) is 47.8. The van der Waals surface area contributed by atoms with Crippen LogP contribution in [0.4, 0.5) is 0 Å². The van der Waals surface area contributed by atoms with Gasteiger partial charge < -0.3 is 9.13 Å². The highest BCUT2D eigenvalue weighted by atomic mass is 32.2. The summed E-state index contributed by atoms with van der Waals surface area (Å²) in [7, 11) is -3.78. The van der Waals surface area contributed by atoms with Crippen molar-refractivity contribution >= 4 is 66.0 Å². The van der Waals surface area contributed by atoms with Crippen molar-refractivity contribution in [3.8, 4) is 17.4 Å². The molecule has 0 fully saturated rings. The number of hydrogen-bond donors (Lipinski definition) is 0. The van der Waals surface area contributed by atoms with Crippen LogP contribution in [-0.2, 0) is 16.3 Å². The summed E-state index contributed by atoms with van der Waals surface area (Å²) in [5.41, 5.74) is 10.8. The summed E-state index contributed by atoms with van der Waals surface area (Å²) in [6.45, 7) is 2.36. The molecule has 0 saturated heterocycles. The zero-order chi connectivity index (χ0) is 34.5. The van der Waals surface area contributed by atoms with Gasteiger partial charge in [-0.3, -0.25) is 0 Å². The molecule has 0 saturated carbocycles. The molecular weight excluding hydrogens is 667 g/mol. The number of fused-ring (bicyclic) bond motifs is 9. The molecule has 7 heteroatoms. The normalized spacial score (nSPS) is 16.5. The smallest absolute Gasteiger partial charge is 0.206 e. The average molecular weight is 696 g/mol. The van der Waals surface area contributed by atoms with Crippen molar-refractivity contribution in [2.24, 2.45) is 0 Å². The number of rotatable bonds is 4. The number of sulfone groups is 1. The molecule has 6 aromatic carbocycles. The van der Waals surface area contributed by atoms with E-state index in [0.717, 1.165) is 45.4 Å². The molecule has 0 bridgehead atoms. The minimum Gasteiger partial charge on any atom is -0.310 e. The van der Waals surface area contributed by atoms with Crippen LogP contribution in [0.2, 0.25) is 0 Å². The minimum absolute atomic E-state index is 0.115. The van der Waals surface area contributed by atoms with Crippen molar-refractivity contribution in [3.63, 3.8) is 0 Å². The van der Waals surface area contributed by atoms with Gasteiger partial charge in [-0.25, -0.2) is 8.42 Å². The summed E-state index contributed by atoms with van der Waals surface area (Å²) in [5.74, 6) is 0. The van der Waals surface area contributed by atoms with Crippen molar-refractivity contribution < 1.29 is 8.42 Å². The van der Waals surface area contributed by atoms with Crippen LogP contribution in [0, 0.1) is 11.3 Å². The Morgan fingerprint density at radius 3 is 2.06 bits per heavy atom. The largest absolute Gasteiger partial charge is 0.310 e. The predicted octanol–water partition coefficient (Wildman–Crippen LogP) is 10.4. The lowest BCUT2D eigenvalue weighted by Crippen LogP contribution is -2.25. The average Bonchev–Trinajstić information content (AvgIpc) is 3.76. The molecule has 10 rings (SSSR count). The van der Waals surface area contributed by atoms with E-state index in [9.17, 15) is 13.7 Å². The van der Waals surface area contributed by atoms with Crippen LogP contribution in [0.25, 0.3) is 55.7 Å². The highest BCUT2D eigenvalue weighted by molar-refractivity contribution is 8.01. The van der Waals surface area contributed by atoms with Gasteiger partial charge in [0, 0.05) is 37.2 Å². The molecule has 3 heterocycles. The van der Waals surface area contributed by atoms with Gasteiger partial charge in [0.05, 0.1) is 43.7 Å². The molecule has 244 valence electrons. The molecule has 0 radical (unpaired) electrons. The molecule has 0 spiro atoms. The summed E-state index contributed by atoms with van der Waals surface area (Å²) in [6.07, 6.45) is 3.23. The van der Waals surface area contributed by atoms with E-state index in [1.807, 2.05) is 23.9 Å². The summed E-state index contributed by atoms with van der Waals surface area (Å²) in [5, 5.41) is 12.7. The standard InChI is InChI=1S/C44H29N3O2S2/c1-44-26-37-36-24-40-35(33-11-5-7-13-39(33)46(40)29-9-3-2-4-10-29)23-41(36)47(42(37)25-38(44)34-12-6-8-14-43(34)50-44)30-17-21-32(22-18-30)51(48,49)31-19-15-28(27-45)16-20-31/h2-25H,26H2,1H3. The lowest BCUT2D eigenvalue weighted by molar-refractivity contribution is 0.596. The molecule has 1 aliphatic carbocycles. The second kappa shape index (κ2) is 10.8. The van der Waals surface area contributed by atoms with Crippen molar-refractivity contribution in [1.29, 1.82) is 5.26 Å². The van der Waals surface area contributed by atoms with Crippen LogP contribution in [0.3, 0.4) is 0 Å². The van der Waals surface area contributed by atoms with Gasteiger partial charge in [-0.1, -0.05) is 54.6 Å². The zero-order valence-electron chi connectivity index (χ0n) is 27.5. The molecule has 0 N–H and O–H groups in total. The van der Waals surface area contributed by atoms with Crippen molar-refractivity contribution in [2.45, 2.75) is 32.8 Å².